The Hall–Kier alpha value is -3.98. The molecule has 2 saturated heterocycles. The summed E-state index contributed by atoms with van der Waals surface area (Å²) in [5.41, 5.74) is -5.24. The third kappa shape index (κ3) is 6.41. The van der Waals surface area contributed by atoms with Crippen molar-refractivity contribution < 1.29 is 42.3 Å². The lowest BCUT2D eigenvalue weighted by molar-refractivity contribution is -0.143. The van der Waals surface area contributed by atoms with E-state index in [4.69, 9.17) is 9.79 Å². The molecular formula is C28H30F2N5O8PS. The van der Waals surface area contributed by atoms with Crippen molar-refractivity contribution in [2.45, 2.75) is 50.0 Å². The van der Waals surface area contributed by atoms with E-state index in [9.17, 15) is 37.3 Å². The molecule has 3 atom stereocenters. The highest BCUT2D eigenvalue weighted by Crippen LogP contribution is 2.59. The van der Waals surface area contributed by atoms with E-state index in [0.29, 0.717) is 29.6 Å². The minimum absolute atomic E-state index is 0.0350. The molecule has 0 saturated carbocycles. The summed E-state index contributed by atoms with van der Waals surface area (Å²) in [6.45, 7) is 1.46. The van der Waals surface area contributed by atoms with Crippen molar-refractivity contribution in [2.75, 3.05) is 18.4 Å². The van der Waals surface area contributed by atoms with Crippen LogP contribution in [-0.4, -0.2) is 79.0 Å². The summed E-state index contributed by atoms with van der Waals surface area (Å²) in [5.74, 6) is -2.07. The number of amides is 4. The number of carbonyl (C=O) groups excluding carboxylic acids is 4. The number of alkyl halides is 2. The number of thiophene rings is 1. The number of carbonyl (C=O) groups is 4. The van der Waals surface area contributed by atoms with Crippen LogP contribution in [0.4, 0.5) is 14.5 Å². The first kappa shape index (κ1) is 32.4. The average molecular weight is 666 g/mol. The van der Waals surface area contributed by atoms with Gasteiger partial charge >= 0.3 is 13.3 Å². The molecular weight excluding hydrogens is 635 g/mol. The standard InChI is InChI=1S/C28H30F2N5O8PS/c1-15(36)34-10-9-19-5-6-21(25(38)31-18-4-8-24(37)33(2)13-18)35(19)27(40)20(14-34)32-26(39)23-12-16-11-17(3-7-22(16)45-23)28(29,30)44(41,42)43/h3-4,7-8,11-13,19-21H,5-6,9-10,14H2,1-2H3,(H,31,38)(H,32,39)(H2,41,42,43)/t19-,20+,21+/m1/s1. The van der Waals surface area contributed by atoms with Crippen molar-refractivity contribution in [3.8, 4) is 0 Å². The van der Waals surface area contributed by atoms with Gasteiger partial charge < -0.3 is 34.8 Å². The fourth-order valence-corrected chi connectivity index (χ4v) is 7.08. The highest BCUT2D eigenvalue weighted by atomic mass is 32.1. The number of nitrogens with one attached hydrogen (secondary N) is 2. The number of aromatic nitrogens is 1. The molecule has 2 aliphatic heterocycles. The zero-order valence-corrected chi connectivity index (χ0v) is 25.8. The van der Waals surface area contributed by atoms with E-state index in [2.05, 4.69) is 10.6 Å². The number of rotatable bonds is 6. The van der Waals surface area contributed by atoms with Crippen LogP contribution in [0.5, 0.6) is 0 Å². The second-order valence-electron chi connectivity index (χ2n) is 11.1. The van der Waals surface area contributed by atoms with Crippen LogP contribution in [0, 0.1) is 0 Å². The van der Waals surface area contributed by atoms with Crippen LogP contribution >= 0.6 is 18.9 Å². The summed E-state index contributed by atoms with van der Waals surface area (Å²) in [4.78, 5) is 85.9. The first-order valence-corrected chi connectivity index (χ1v) is 16.3. The molecule has 2 aliphatic rings. The summed E-state index contributed by atoms with van der Waals surface area (Å²) >= 11 is 0.922. The zero-order chi connectivity index (χ0) is 32.8. The number of pyridine rings is 1. The maximum Gasteiger partial charge on any atom is 0.399 e. The molecule has 5 rings (SSSR count). The second kappa shape index (κ2) is 12.1. The van der Waals surface area contributed by atoms with E-state index >= 15 is 0 Å². The van der Waals surface area contributed by atoms with Crippen molar-refractivity contribution in [2.24, 2.45) is 7.05 Å². The Morgan fingerprint density at radius 1 is 1.07 bits per heavy atom. The summed E-state index contributed by atoms with van der Waals surface area (Å²) in [7, 11) is -4.27. The fourth-order valence-electron chi connectivity index (χ4n) is 5.66. The Morgan fingerprint density at radius 2 is 1.80 bits per heavy atom. The van der Waals surface area contributed by atoms with Crippen LogP contribution in [0.3, 0.4) is 0 Å². The van der Waals surface area contributed by atoms with Crippen LogP contribution < -0.4 is 16.2 Å². The molecule has 0 bridgehead atoms. The highest BCUT2D eigenvalue weighted by Gasteiger charge is 2.50. The average Bonchev–Trinajstić information content (AvgIpc) is 3.58. The van der Waals surface area contributed by atoms with Gasteiger partial charge in [-0.3, -0.25) is 28.5 Å². The molecule has 2 aromatic heterocycles. The molecule has 3 aromatic rings. The molecule has 4 heterocycles. The monoisotopic (exact) mass is 665 g/mol. The molecule has 1 aromatic carbocycles. The minimum atomic E-state index is -5.81. The number of benzene rings is 1. The SMILES string of the molecule is CC(=O)N1CC[C@H]2CC[C@@H](C(=O)Nc3ccc(=O)n(C)c3)N2C(=O)[C@@H](NC(=O)c2cc3cc(C(F)(F)P(=O)(O)O)ccc3s2)C1. The predicted octanol–water partition coefficient (Wildman–Crippen LogP) is 2.18. The largest absolute Gasteiger partial charge is 0.399 e. The van der Waals surface area contributed by atoms with Gasteiger partial charge in [-0.25, -0.2) is 0 Å². The third-order valence-electron chi connectivity index (χ3n) is 8.05. The Labute approximate surface area is 259 Å². The van der Waals surface area contributed by atoms with Gasteiger partial charge in [0.1, 0.15) is 12.1 Å². The molecule has 17 heteroatoms. The van der Waals surface area contributed by atoms with E-state index in [0.717, 1.165) is 23.5 Å². The van der Waals surface area contributed by atoms with Crippen molar-refractivity contribution in [3.05, 3.63) is 63.4 Å². The number of halogens is 2. The molecule has 240 valence electrons. The van der Waals surface area contributed by atoms with Crippen LogP contribution in [0.1, 0.15) is 41.4 Å². The Balaban J connectivity index is 1.40. The quantitative estimate of drug-likeness (QED) is 0.290. The van der Waals surface area contributed by atoms with Gasteiger partial charge in [-0.1, -0.05) is 6.07 Å². The summed E-state index contributed by atoms with van der Waals surface area (Å²) in [6.07, 6.45) is 2.71. The van der Waals surface area contributed by atoms with Crippen molar-refractivity contribution in [1.29, 1.82) is 0 Å². The maximum atomic E-state index is 14.3. The molecule has 0 radical (unpaired) electrons. The van der Waals surface area contributed by atoms with Crippen molar-refractivity contribution in [3.63, 3.8) is 0 Å². The number of fused-ring (bicyclic) bond motifs is 2. The lowest BCUT2D eigenvalue weighted by Gasteiger charge is -2.38. The maximum absolute atomic E-state index is 14.3. The normalized spacial score (nSPS) is 20.8. The van der Waals surface area contributed by atoms with E-state index < -0.39 is 48.6 Å². The van der Waals surface area contributed by atoms with Gasteiger partial charge in [-0.15, -0.1) is 11.3 Å². The van der Waals surface area contributed by atoms with E-state index in [1.807, 2.05) is 0 Å². The van der Waals surface area contributed by atoms with Crippen LogP contribution in [0.15, 0.2) is 47.4 Å². The van der Waals surface area contributed by atoms with Crippen LogP contribution in [0.2, 0.25) is 0 Å². The number of hydrogen-bond acceptors (Lipinski definition) is 7. The molecule has 0 spiro atoms. The molecule has 4 amide bonds. The highest BCUT2D eigenvalue weighted by molar-refractivity contribution is 7.52. The molecule has 45 heavy (non-hydrogen) atoms. The lowest BCUT2D eigenvalue weighted by atomic mass is 10.1. The van der Waals surface area contributed by atoms with Gasteiger partial charge in [0.25, 0.3) is 5.91 Å². The summed E-state index contributed by atoms with van der Waals surface area (Å²) in [6, 6.07) is 4.51. The smallest absolute Gasteiger partial charge is 0.340 e. The number of hydrogen-bond donors (Lipinski definition) is 4. The first-order chi connectivity index (χ1) is 21.1. The summed E-state index contributed by atoms with van der Waals surface area (Å²) in [5, 5.41) is 5.53. The van der Waals surface area contributed by atoms with Gasteiger partial charge in [0.2, 0.25) is 23.3 Å². The molecule has 0 aliphatic carbocycles. The topological polar surface area (TPSA) is 178 Å². The van der Waals surface area contributed by atoms with Crippen molar-refractivity contribution >= 4 is 58.3 Å². The molecule has 13 nitrogen and oxygen atoms in total. The van der Waals surface area contributed by atoms with E-state index in [1.165, 1.54) is 58.8 Å². The van der Waals surface area contributed by atoms with E-state index in [1.54, 1.807) is 0 Å². The number of nitrogens with zero attached hydrogens (tertiary/aromatic N) is 3. The van der Waals surface area contributed by atoms with Gasteiger partial charge in [0.05, 0.1) is 10.6 Å². The third-order valence-corrected chi connectivity index (χ3v) is 10.2. The number of anilines is 1. The predicted molar refractivity (Wildman–Crippen MR) is 160 cm³/mol. The fraction of sp³-hybridized carbons (Fsp3) is 0.393. The zero-order valence-electron chi connectivity index (χ0n) is 24.1. The van der Waals surface area contributed by atoms with E-state index in [-0.39, 0.29) is 40.9 Å². The van der Waals surface area contributed by atoms with Crippen LogP contribution in [0.25, 0.3) is 10.1 Å². The van der Waals surface area contributed by atoms with Gasteiger partial charge in [0.15, 0.2) is 0 Å². The van der Waals surface area contributed by atoms with Gasteiger partial charge in [-0.2, -0.15) is 8.78 Å². The molecule has 0 unspecified atom stereocenters. The molecule has 4 N–H and O–H groups in total. The van der Waals surface area contributed by atoms with Crippen LogP contribution in [-0.2, 0) is 31.7 Å². The lowest BCUT2D eigenvalue weighted by Crippen LogP contribution is -2.60. The summed E-state index contributed by atoms with van der Waals surface area (Å²) < 4.78 is 41.6. The molecule has 2 fully saturated rings. The van der Waals surface area contributed by atoms with Gasteiger partial charge in [-0.05, 0) is 48.9 Å². The first-order valence-electron chi connectivity index (χ1n) is 13.9. The Kier molecular flexibility index (Phi) is 8.70. The second-order valence-corrected chi connectivity index (χ2v) is 13.8. The van der Waals surface area contributed by atoms with Crippen molar-refractivity contribution in [1.82, 2.24) is 19.7 Å². The Morgan fingerprint density at radius 3 is 2.47 bits per heavy atom. The minimum Gasteiger partial charge on any atom is -0.340 e. The number of aryl methyl sites for hydroxylation is 1. The Bertz CT molecular complexity index is 1810. The van der Waals surface area contributed by atoms with Gasteiger partial charge in [0, 0.05) is 55.6 Å².